The van der Waals surface area contributed by atoms with Crippen molar-refractivity contribution in [3.8, 4) is 11.5 Å². The summed E-state index contributed by atoms with van der Waals surface area (Å²) in [4.78, 5) is 24.2. The van der Waals surface area contributed by atoms with Gasteiger partial charge in [0.2, 0.25) is 0 Å². The van der Waals surface area contributed by atoms with Crippen molar-refractivity contribution in [2.45, 2.75) is 37.7 Å². The quantitative estimate of drug-likeness (QED) is 0.312. The van der Waals surface area contributed by atoms with Gasteiger partial charge in [-0.05, 0) is 54.3 Å². The smallest absolute Gasteiger partial charge is 0.315 e. The zero-order chi connectivity index (χ0) is 23.1. The molecule has 0 amide bonds. The summed E-state index contributed by atoms with van der Waals surface area (Å²) in [6.07, 6.45) is 5.62. The Morgan fingerprint density at radius 3 is 2.56 bits per heavy atom. The molecule has 2 atom stereocenters. The molecule has 2 aromatic rings. The number of carbonyl (C=O) groups is 2. The average molecular weight is 437 g/mol. The standard InChI is InChI=1S/C25H28N2O5/c1-16(26)27-14-4-2-3-5-19(28)10-6-17-7-13-22-21(15-17)23(25(30)31)24(32-22)18-8-11-20(29)12-9-18/h6-13,15,23-24,27,29H,1-5,14,26H2,(H,30,31)/b10-6+. The van der Waals surface area contributed by atoms with E-state index in [2.05, 4.69) is 11.9 Å². The Balaban J connectivity index is 1.62. The van der Waals surface area contributed by atoms with Gasteiger partial charge in [0.1, 0.15) is 23.5 Å². The summed E-state index contributed by atoms with van der Waals surface area (Å²) in [6.45, 7) is 4.31. The fraction of sp³-hybridized carbons (Fsp3) is 0.280. The monoisotopic (exact) mass is 436 g/mol. The summed E-state index contributed by atoms with van der Waals surface area (Å²) >= 11 is 0. The number of fused-ring (bicyclic) bond motifs is 1. The molecule has 0 fully saturated rings. The molecular weight excluding hydrogens is 408 g/mol. The van der Waals surface area contributed by atoms with Crippen LogP contribution in [0.25, 0.3) is 6.08 Å². The number of ketones is 1. The zero-order valence-corrected chi connectivity index (χ0v) is 17.8. The molecule has 0 aromatic heterocycles. The van der Waals surface area contributed by atoms with Crippen LogP contribution < -0.4 is 15.8 Å². The van der Waals surface area contributed by atoms with Crippen molar-refractivity contribution < 1.29 is 24.5 Å². The zero-order valence-electron chi connectivity index (χ0n) is 17.8. The van der Waals surface area contributed by atoms with Crippen molar-refractivity contribution in [2.24, 2.45) is 5.73 Å². The van der Waals surface area contributed by atoms with Crippen molar-refractivity contribution >= 4 is 17.8 Å². The highest BCUT2D eigenvalue weighted by Gasteiger charge is 2.40. The lowest BCUT2D eigenvalue weighted by molar-refractivity contribution is -0.140. The highest BCUT2D eigenvalue weighted by atomic mass is 16.5. The summed E-state index contributed by atoms with van der Waals surface area (Å²) in [5, 5.41) is 22.3. The summed E-state index contributed by atoms with van der Waals surface area (Å²) in [6, 6.07) is 11.6. The second-order valence-corrected chi connectivity index (χ2v) is 7.81. The molecular formula is C25H28N2O5. The maximum Gasteiger partial charge on any atom is 0.315 e. The van der Waals surface area contributed by atoms with Crippen LogP contribution in [0.1, 0.15) is 54.4 Å². The Morgan fingerprint density at radius 1 is 1.12 bits per heavy atom. The first-order chi connectivity index (χ1) is 15.3. The van der Waals surface area contributed by atoms with Gasteiger partial charge in [-0.3, -0.25) is 9.59 Å². The number of ether oxygens (including phenoxy) is 1. The summed E-state index contributed by atoms with van der Waals surface area (Å²) in [5.41, 5.74) is 7.41. The summed E-state index contributed by atoms with van der Waals surface area (Å²) in [5.74, 6) is -0.791. The summed E-state index contributed by atoms with van der Waals surface area (Å²) in [7, 11) is 0. The van der Waals surface area contributed by atoms with Gasteiger partial charge in [0, 0.05) is 18.5 Å². The number of aliphatic carboxylic acids is 1. The van der Waals surface area contributed by atoms with Gasteiger partial charge >= 0.3 is 5.97 Å². The van der Waals surface area contributed by atoms with E-state index in [1.807, 2.05) is 0 Å². The minimum atomic E-state index is -0.994. The average Bonchev–Trinajstić information content (AvgIpc) is 3.14. The fourth-order valence-electron chi connectivity index (χ4n) is 3.70. The fourth-order valence-corrected chi connectivity index (χ4v) is 3.70. The third kappa shape index (κ3) is 5.91. The number of hydrogen-bond acceptors (Lipinski definition) is 6. The number of hydrogen-bond donors (Lipinski definition) is 4. The van der Waals surface area contributed by atoms with Crippen LogP contribution in [0.3, 0.4) is 0 Å². The largest absolute Gasteiger partial charge is 0.508 e. The molecule has 1 aliphatic rings. The van der Waals surface area contributed by atoms with E-state index in [1.165, 1.54) is 18.2 Å². The minimum absolute atomic E-state index is 0.0229. The number of carboxylic acids is 1. The Labute approximate surface area is 187 Å². The molecule has 2 aromatic carbocycles. The number of nitrogens with two attached hydrogens (primary N) is 1. The molecule has 0 radical (unpaired) electrons. The van der Waals surface area contributed by atoms with Crippen molar-refractivity contribution in [3.63, 3.8) is 0 Å². The van der Waals surface area contributed by atoms with Gasteiger partial charge in [0.25, 0.3) is 0 Å². The highest BCUT2D eigenvalue weighted by Crippen LogP contribution is 2.46. The predicted octanol–water partition coefficient (Wildman–Crippen LogP) is 3.86. The molecule has 0 aliphatic carbocycles. The number of carbonyl (C=O) groups excluding carboxylic acids is 1. The van der Waals surface area contributed by atoms with E-state index in [0.717, 1.165) is 31.4 Å². The van der Waals surface area contributed by atoms with Crippen LogP contribution in [0.4, 0.5) is 0 Å². The number of phenolic OH excluding ortho intramolecular Hbond substituents is 1. The van der Waals surface area contributed by atoms with E-state index in [4.69, 9.17) is 10.5 Å². The van der Waals surface area contributed by atoms with E-state index in [1.54, 1.807) is 36.4 Å². The number of carboxylic acid groups (broad SMARTS) is 1. The van der Waals surface area contributed by atoms with Crippen LogP contribution in [0.15, 0.2) is 60.9 Å². The van der Waals surface area contributed by atoms with Gasteiger partial charge in [-0.25, -0.2) is 0 Å². The molecule has 0 saturated carbocycles. The molecule has 1 heterocycles. The first kappa shape index (κ1) is 22.9. The van der Waals surface area contributed by atoms with E-state index in [-0.39, 0.29) is 11.5 Å². The van der Waals surface area contributed by atoms with Crippen LogP contribution in [0.2, 0.25) is 0 Å². The molecule has 0 saturated heterocycles. The third-order valence-corrected chi connectivity index (χ3v) is 5.33. The van der Waals surface area contributed by atoms with Crippen molar-refractivity contribution in [1.29, 1.82) is 0 Å². The second-order valence-electron chi connectivity index (χ2n) is 7.81. The minimum Gasteiger partial charge on any atom is -0.508 e. The molecule has 0 bridgehead atoms. The molecule has 0 spiro atoms. The highest BCUT2D eigenvalue weighted by molar-refractivity contribution is 5.93. The number of aromatic hydroxyl groups is 1. The molecule has 3 rings (SSSR count). The van der Waals surface area contributed by atoms with Gasteiger partial charge in [0.05, 0.1) is 5.82 Å². The number of phenols is 1. The topological polar surface area (TPSA) is 122 Å². The van der Waals surface area contributed by atoms with Crippen LogP contribution in [-0.2, 0) is 9.59 Å². The summed E-state index contributed by atoms with van der Waals surface area (Å²) < 4.78 is 5.92. The van der Waals surface area contributed by atoms with Crippen LogP contribution >= 0.6 is 0 Å². The Kier molecular flexibility index (Phi) is 7.54. The van der Waals surface area contributed by atoms with Gasteiger partial charge in [-0.1, -0.05) is 37.3 Å². The maximum atomic E-state index is 12.2. The Hall–Kier alpha value is -3.74. The van der Waals surface area contributed by atoms with E-state index >= 15 is 0 Å². The lowest BCUT2D eigenvalue weighted by atomic mass is 9.90. The van der Waals surface area contributed by atoms with Crippen LogP contribution in [0.5, 0.6) is 11.5 Å². The van der Waals surface area contributed by atoms with Crippen molar-refractivity contribution in [1.82, 2.24) is 5.32 Å². The van der Waals surface area contributed by atoms with Gasteiger partial charge in [-0.2, -0.15) is 0 Å². The number of nitrogens with one attached hydrogen (secondary N) is 1. The Bertz CT molecular complexity index is 1010. The number of benzene rings is 2. The van der Waals surface area contributed by atoms with E-state index < -0.39 is 18.0 Å². The lowest BCUT2D eigenvalue weighted by Crippen LogP contribution is -2.19. The lowest BCUT2D eigenvalue weighted by Gasteiger charge is -2.16. The molecule has 168 valence electrons. The maximum absolute atomic E-state index is 12.2. The van der Waals surface area contributed by atoms with Gasteiger partial charge < -0.3 is 26.0 Å². The predicted molar refractivity (Wildman–Crippen MR) is 122 cm³/mol. The molecule has 2 unspecified atom stereocenters. The molecule has 1 aliphatic heterocycles. The number of allylic oxidation sites excluding steroid dienone is 1. The first-order valence-electron chi connectivity index (χ1n) is 10.6. The number of unbranched alkanes of at least 4 members (excludes halogenated alkanes) is 2. The number of rotatable bonds is 11. The molecule has 5 N–H and O–H groups in total. The third-order valence-electron chi connectivity index (χ3n) is 5.33. The van der Waals surface area contributed by atoms with E-state index in [9.17, 15) is 19.8 Å². The first-order valence-corrected chi connectivity index (χ1v) is 10.6. The van der Waals surface area contributed by atoms with Crippen molar-refractivity contribution in [2.75, 3.05) is 6.54 Å². The van der Waals surface area contributed by atoms with Gasteiger partial charge in [-0.15, -0.1) is 0 Å². The molecule has 7 nitrogen and oxygen atoms in total. The Morgan fingerprint density at radius 2 is 1.88 bits per heavy atom. The van der Waals surface area contributed by atoms with Gasteiger partial charge in [0.15, 0.2) is 5.78 Å². The van der Waals surface area contributed by atoms with E-state index in [0.29, 0.717) is 29.1 Å². The second kappa shape index (κ2) is 10.5. The normalized spacial score (nSPS) is 17.0. The van der Waals surface area contributed by atoms with Crippen molar-refractivity contribution in [3.05, 3.63) is 77.6 Å². The SMILES string of the molecule is C=C(N)NCCCCCC(=O)/C=C/c1ccc2c(c1)C(C(=O)O)C(c1ccc(O)cc1)O2. The van der Waals surface area contributed by atoms with Crippen LogP contribution in [-0.4, -0.2) is 28.5 Å². The molecule has 32 heavy (non-hydrogen) atoms. The van der Waals surface area contributed by atoms with Crippen LogP contribution in [0, 0.1) is 0 Å². The molecule has 7 heteroatoms.